The number of non-ortho nitro benzene ring substituents is 1. The van der Waals surface area contributed by atoms with Crippen LogP contribution in [0.25, 0.3) is 0 Å². The maximum Gasteiger partial charge on any atom is 0.330 e. The number of nitrogens with zero attached hydrogens (tertiary/aromatic N) is 3. The minimum absolute atomic E-state index is 0.0520. The van der Waals surface area contributed by atoms with E-state index in [9.17, 15) is 24.8 Å². The molecule has 3 atom stereocenters. The standard InChI is InChI=1S/C23H21N3O6S/c1-14(2)19(20(27)28)25-21(29)23(12-15-8-10-16(11-9-15)26(30)31)22(25)33-18(24-23)13-32-17-6-4-3-5-7-17/h3-11,19,22H,1,12-13H2,2H3,(H,27,28). The normalized spacial score (nSPS) is 22.1. The summed E-state index contributed by atoms with van der Waals surface area (Å²) in [4.78, 5) is 41.7. The van der Waals surface area contributed by atoms with Crippen LogP contribution >= 0.6 is 11.8 Å². The van der Waals surface area contributed by atoms with Crippen molar-refractivity contribution in [3.05, 3.63) is 82.4 Å². The van der Waals surface area contributed by atoms with Gasteiger partial charge in [-0.1, -0.05) is 48.7 Å². The van der Waals surface area contributed by atoms with Crippen LogP contribution in [0.3, 0.4) is 0 Å². The molecular formula is C23H21N3O6S. The first-order valence-electron chi connectivity index (χ1n) is 10.1. The van der Waals surface area contributed by atoms with Gasteiger partial charge in [0.05, 0.1) is 4.92 Å². The lowest BCUT2D eigenvalue weighted by atomic mass is 9.80. The number of carbonyl (C=O) groups excluding carboxylic acids is 1. The third kappa shape index (κ3) is 4.09. The van der Waals surface area contributed by atoms with Gasteiger partial charge in [-0.25, -0.2) is 4.79 Å². The van der Waals surface area contributed by atoms with E-state index in [-0.39, 0.29) is 18.7 Å². The van der Waals surface area contributed by atoms with Crippen molar-refractivity contribution in [2.75, 3.05) is 6.61 Å². The monoisotopic (exact) mass is 467 g/mol. The zero-order valence-corrected chi connectivity index (χ0v) is 18.5. The highest BCUT2D eigenvalue weighted by Crippen LogP contribution is 2.51. The molecule has 170 valence electrons. The fourth-order valence-corrected chi connectivity index (χ4v) is 5.39. The van der Waals surface area contributed by atoms with Crippen LogP contribution in [0.1, 0.15) is 12.5 Å². The minimum atomic E-state index is -1.20. The predicted molar refractivity (Wildman–Crippen MR) is 123 cm³/mol. The summed E-state index contributed by atoms with van der Waals surface area (Å²) in [6, 6.07) is 13.9. The number of nitro benzene ring substituents is 1. The van der Waals surface area contributed by atoms with Gasteiger partial charge in [-0.05, 0) is 30.2 Å². The number of thioether (sulfide) groups is 1. The fraction of sp³-hybridized carbons (Fsp3) is 0.261. The average Bonchev–Trinajstić information content (AvgIpc) is 3.10. The summed E-state index contributed by atoms with van der Waals surface area (Å²) in [6.45, 7) is 5.46. The van der Waals surface area contributed by atoms with Gasteiger partial charge >= 0.3 is 5.97 Å². The van der Waals surface area contributed by atoms with Crippen molar-refractivity contribution in [3.8, 4) is 5.75 Å². The number of carboxylic acid groups (broad SMARTS) is 1. The van der Waals surface area contributed by atoms with Gasteiger partial charge in [-0.2, -0.15) is 0 Å². The van der Waals surface area contributed by atoms with Crippen LogP contribution in [-0.2, 0) is 16.0 Å². The topological polar surface area (TPSA) is 122 Å². The lowest BCUT2D eigenvalue weighted by Crippen LogP contribution is -2.74. The largest absolute Gasteiger partial charge is 0.487 e. The van der Waals surface area contributed by atoms with Gasteiger partial charge in [0, 0.05) is 18.6 Å². The number of fused-ring (bicyclic) bond motifs is 1. The van der Waals surface area contributed by atoms with Crippen LogP contribution < -0.4 is 4.74 Å². The highest BCUT2D eigenvalue weighted by molar-refractivity contribution is 8.15. The zero-order valence-electron chi connectivity index (χ0n) is 17.7. The molecule has 2 heterocycles. The highest BCUT2D eigenvalue weighted by atomic mass is 32.2. The highest BCUT2D eigenvalue weighted by Gasteiger charge is 2.67. The average molecular weight is 468 g/mol. The van der Waals surface area contributed by atoms with Crippen molar-refractivity contribution >= 4 is 34.4 Å². The molecule has 1 amide bonds. The Morgan fingerprint density at radius 3 is 2.55 bits per heavy atom. The Bertz CT molecular complexity index is 1140. The second-order valence-electron chi connectivity index (χ2n) is 7.90. The second-order valence-corrected chi connectivity index (χ2v) is 9.06. The molecule has 0 spiro atoms. The number of aliphatic imine (C=N–C) groups is 1. The van der Waals surface area contributed by atoms with Crippen LogP contribution in [-0.4, -0.2) is 55.4 Å². The number of benzene rings is 2. The molecule has 1 saturated heterocycles. The first-order chi connectivity index (χ1) is 15.7. The number of nitro groups is 1. The predicted octanol–water partition coefficient (Wildman–Crippen LogP) is 3.30. The molecule has 1 N–H and O–H groups in total. The number of rotatable bonds is 9. The Balaban J connectivity index is 1.62. The number of amides is 1. The van der Waals surface area contributed by atoms with Gasteiger partial charge in [0.25, 0.3) is 11.6 Å². The van der Waals surface area contributed by atoms with E-state index < -0.39 is 33.8 Å². The molecular weight excluding hydrogens is 446 g/mol. The summed E-state index contributed by atoms with van der Waals surface area (Å²) in [7, 11) is 0. The van der Waals surface area contributed by atoms with Gasteiger partial charge in [0.2, 0.25) is 0 Å². The van der Waals surface area contributed by atoms with Gasteiger partial charge in [0.1, 0.15) is 22.8 Å². The van der Waals surface area contributed by atoms with E-state index in [0.29, 0.717) is 21.9 Å². The molecule has 2 aliphatic rings. The Hall–Kier alpha value is -3.66. The molecule has 4 rings (SSSR count). The number of β-lactam (4-membered cyclic amide) rings is 1. The number of hydrogen-bond acceptors (Lipinski definition) is 7. The number of ether oxygens (including phenoxy) is 1. The number of likely N-dealkylation sites (tertiary alicyclic amines) is 1. The Kier molecular flexibility index (Phi) is 5.94. The third-order valence-corrected chi connectivity index (χ3v) is 6.86. The first kappa shape index (κ1) is 22.5. The quantitative estimate of drug-likeness (QED) is 0.260. The Morgan fingerprint density at radius 1 is 1.30 bits per heavy atom. The summed E-state index contributed by atoms with van der Waals surface area (Å²) in [5, 5.41) is 20.7. The lowest BCUT2D eigenvalue weighted by Gasteiger charge is -2.52. The first-order valence-corrected chi connectivity index (χ1v) is 11.0. The number of aliphatic carboxylic acids is 1. The van der Waals surface area contributed by atoms with E-state index in [2.05, 4.69) is 6.58 Å². The zero-order chi connectivity index (χ0) is 23.8. The van der Waals surface area contributed by atoms with Crippen LogP contribution in [0.15, 0.2) is 71.7 Å². The number of carboxylic acids is 1. The van der Waals surface area contributed by atoms with Gasteiger partial charge in [0.15, 0.2) is 11.6 Å². The summed E-state index contributed by atoms with van der Waals surface area (Å²) >= 11 is 1.30. The minimum Gasteiger partial charge on any atom is -0.487 e. The van der Waals surface area contributed by atoms with Crippen LogP contribution in [0.2, 0.25) is 0 Å². The maximum absolute atomic E-state index is 13.4. The smallest absolute Gasteiger partial charge is 0.330 e. The van der Waals surface area contributed by atoms with Crippen LogP contribution in [0.4, 0.5) is 5.69 Å². The molecule has 0 radical (unpaired) electrons. The van der Waals surface area contributed by atoms with E-state index >= 15 is 0 Å². The molecule has 2 aliphatic heterocycles. The van der Waals surface area contributed by atoms with Crippen LogP contribution in [0.5, 0.6) is 5.75 Å². The molecule has 3 unspecified atom stereocenters. The lowest BCUT2D eigenvalue weighted by molar-refractivity contribution is -0.384. The van der Waals surface area contributed by atoms with Crippen molar-refractivity contribution in [2.24, 2.45) is 4.99 Å². The molecule has 0 saturated carbocycles. The fourth-order valence-electron chi connectivity index (χ4n) is 4.03. The summed E-state index contributed by atoms with van der Waals surface area (Å²) in [5.74, 6) is -0.921. The van der Waals surface area contributed by atoms with E-state index in [1.165, 1.54) is 28.8 Å². The van der Waals surface area contributed by atoms with Gasteiger partial charge < -0.3 is 14.7 Å². The molecule has 0 bridgehead atoms. The van der Waals surface area contributed by atoms with Crippen molar-refractivity contribution in [3.63, 3.8) is 0 Å². The maximum atomic E-state index is 13.4. The third-order valence-electron chi connectivity index (χ3n) is 5.54. The summed E-state index contributed by atoms with van der Waals surface area (Å²) < 4.78 is 5.79. The Morgan fingerprint density at radius 2 is 1.97 bits per heavy atom. The van der Waals surface area contributed by atoms with E-state index in [1.807, 2.05) is 18.2 Å². The molecule has 1 fully saturated rings. The van der Waals surface area contributed by atoms with Crippen LogP contribution in [0, 0.1) is 10.1 Å². The van der Waals surface area contributed by atoms with Crippen molar-refractivity contribution in [2.45, 2.75) is 30.3 Å². The molecule has 0 aliphatic carbocycles. The van der Waals surface area contributed by atoms with Crippen molar-refractivity contribution < 1.29 is 24.4 Å². The molecule has 9 nitrogen and oxygen atoms in total. The molecule has 2 aromatic rings. The molecule has 0 aromatic heterocycles. The van der Waals surface area contributed by atoms with E-state index in [1.54, 1.807) is 31.2 Å². The van der Waals surface area contributed by atoms with Gasteiger partial charge in [-0.15, -0.1) is 0 Å². The van der Waals surface area contributed by atoms with E-state index in [4.69, 9.17) is 9.73 Å². The summed E-state index contributed by atoms with van der Waals surface area (Å²) in [6.07, 6.45) is 0.190. The van der Waals surface area contributed by atoms with Crippen molar-refractivity contribution in [1.29, 1.82) is 0 Å². The molecule has 2 aromatic carbocycles. The second kappa shape index (κ2) is 8.70. The molecule has 33 heavy (non-hydrogen) atoms. The van der Waals surface area contributed by atoms with Gasteiger partial charge in [-0.3, -0.25) is 19.9 Å². The SMILES string of the molecule is C=C(C)C(C(=O)O)N1C(=O)C2(Cc3ccc([N+](=O)[O-])cc3)N=C(COc3ccccc3)SC12. The van der Waals surface area contributed by atoms with E-state index in [0.717, 1.165) is 0 Å². The number of hydrogen-bond donors (Lipinski definition) is 1. The summed E-state index contributed by atoms with van der Waals surface area (Å²) in [5.41, 5.74) is -0.215. The van der Waals surface area contributed by atoms with Crippen molar-refractivity contribution in [1.82, 2.24) is 4.90 Å². The number of para-hydroxylation sites is 1. The number of carbonyl (C=O) groups is 2. The Labute approximate surface area is 193 Å². The molecule has 10 heteroatoms.